The zero-order chi connectivity index (χ0) is 13.1. The number of carbonyl (C=O) groups is 1. The lowest BCUT2D eigenvalue weighted by atomic mass is 9.89. The number of nitro groups is 1. The smallest absolute Gasteiger partial charge is 0.317 e. The Labute approximate surface area is 98.8 Å². The molecular weight excluding hydrogens is 224 g/mol. The van der Waals surface area contributed by atoms with Crippen LogP contribution in [0.1, 0.15) is 26.5 Å². The van der Waals surface area contributed by atoms with Gasteiger partial charge in [-0.1, -0.05) is 0 Å². The first-order valence-electron chi connectivity index (χ1n) is 5.17. The van der Waals surface area contributed by atoms with Crippen LogP contribution in [0, 0.1) is 10.1 Å². The van der Waals surface area contributed by atoms with Gasteiger partial charge in [-0.05, 0) is 26.8 Å². The Kier molecular flexibility index (Phi) is 3.77. The predicted molar refractivity (Wildman–Crippen MR) is 60.6 cm³/mol. The van der Waals surface area contributed by atoms with Crippen LogP contribution in [0.3, 0.4) is 0 Å². The Morgan fingerprint density at radius 1 is 1.53 bits per heavy atom. The van der Waals surface area contributed by atoms with Gasteiger partial charge >= 0.3 is 5.97 Å². The van der Waals surface area contributed by atoms with Crippen LogP contribution >= 0.6 is 0 Å². The maximum atomic E-state index is 11.7. The Bertz CT molecular complexity index is 426. The van der Waals surface area contributed by atoms with Crippen molar-refractivity contribution in [2.24, 2.45) is 0 Å². The van der Waals surface area contributed by atoms with Crippen molar-refractivity contribution < 1.29 is 14.5 Å². The molecule has 0 aromatic carbocycles. The van der Waals surface area contributed by atoms with Crippen molar-refractivity contribution >= 4 is 11.7 Å². The molecular formula is C11H14N2O4. The lowest BCUT2D eigenvalue weighted by Gasteiger charge is -2.21. The predicted octanol–water partition coefficient (Wildman–Crippen LogP) is 1.83. The Balaban J connectivity index is 2.99. The zero-order valence-electron chi connectivity index (χ0n) is 9.97. The lowest BCUT2D eigenvalue weighted by Crippen LogP contribution is -2.32. The van der Waals surface area contributed by atoms with E-state index in [1.807, 2.05) is 0 Å². The van der Waals surface area contributed by atoms with Gasteiger partial charge in [0.2, 0.25) is 0 Å². The third kappa shape index (κ3) is 2.77. The van der Waals surface area contributed by atoms with E-state index < -0.39 is 16.3 Å². The van der Waals surface area contributed by atoms with Crippen molar-refractivity contribution in [3.8, 4) is 0 Å². The minimum atomic E-state index is -0.912. The number of rotatable bonds is 4. The van der Waals surface area contributed by atoms with Gasteiger partial charge < -0.3 is 4.74 Å². The highest BCUT2D eigenvalue weighted by atomic mass is 16.6. The standard InChI is InChI=1S/C11H14N2O4/c1-4-17-10(14)11(2,3)9-6-5-8(7-12-9)13(15)16/h5-7H,4H2,1-3H3. The van der Waals surface area contributed by atoms with Gasteiger partial charge in [0.05, 0.1) is 17.2 Å². The molecule has 0 bridgehead atoms. The highest BCUT2D eigenvalue weighted by molar-refractivity contribution is 5.81. The Morgan fingerprint density at radius 3 is 2.59 bits per heavy atom. The average Bonchev–Trinajstić information content (AvgIpc) is 2.29. The van der Waals surface area contributed by atoms with Gasteiger partial charge in [-0.3, -0.25) is 19.9 Å². The van der Waals surface area contributed by atoms with Gasteiger partial charge in [-0.25, -0.2) is 0 Å². The van der Waals surface area contributed by atoms with Crippen LogP contribution in [-0.4, -0.2) is 22.5 Å². The molecule has 0 radical (unpaired) electrons. The van der Waals surface area contributed by atoms with Gasteiger partial charge in [-0.2, -0.15) is 0 Å². The first kappa shape index (κ1) is 13.1. The van der Waals surface area contributed by atoms with Crippen molar-refractivity contribution in [3.05, 3.63) is 34.1 Å². The van der Waals surface area contributed by atoms with Crippen LogP contribution in [0.2, 0.25) is 0 Å². The van der Waals surface area contributed by atoms with Crippen LogP contribution < -0.4 is 0 Å². The SMILES string of the molecule is CCOC(=O)C(C)(C)c1ccc([N+](=O)[O-])cn1. The van der Waals surface area contributed by atoms with Gasteiger partial charge in [0.15, 0.2) is 0 Å². The number of esters is 1. The summed E-state index contributed by atoms with van der Waals surface area (Å²) in [5.41, 5.74) is -0.569. The normalized spacial score (nSPS) is 11.0. The van der Waals surface area contributed by atoms with E-state index in [0.29, 0.717) is 5.69 Å². The maximum absolute atomic E-state index is 11.7. The minimum absolute atomic E-state index is 0.103. The van der Waals surface area contributed by atoms with E-state index in [0.717, 1.165) is 6.20 Å². The fraction of sp³-hybridized carbons (Fsp3) is 0.455. The molecule has 0 fully saturated rings. The Hall–Kier alpha value is -1.98. The maximum Gasteiger partial charge on any atom is 0.317 e. The number of nitrogens with zero attached hydrogens (tertiary/aromatic N) is 2. The fourth-order valence-corrected chi connectivity index (χ4v) is 1.28. The van der Waals surface area contributed by atoms with Gasteiger partial charge in [0.1, 0.15) is 11.6 Å². The molecule has 0 saturated heterocycles. The Morgan fingerprint density at radius 2 is 2.18 bits per heavy atom. The molecule has 6 heteroatoms. The molecule has 1 aromatic rings. The first-order valence-corrected chi connectivity index (χ1v) is 5.17. The summed E-state index contributed by atoms with van der Waals surface area (Å²) in [6.07, 6.45) is 1.14. The number of carbonyl (C=O) groups excluding carboxylic acids is 1. The van der Waals surface area contributed by atoms with Crippen LogP contribution in [-0.2, 0) is 14.9 Å². The second-order valence-corrected chi connectivity index (χ2v) is 4.00. The molecule has 92 valence electrons. The van der Waals surface area contributed by atoms with E-state index >= 15 is 0 Å². The molecule has 0 aliphatic rings. The van der Waals surface area contributed by atoms with E-state index in [1.54, 1.807) is 20.8 Å². The summed E-state index contributed by atoms with van der Waals surface area (Å²) < 4.78 is 4.93. The minimum Gasteiger partial charge on any atom is -0.465 e. The molecule has 0 aliphatic carbocycles. The molecule has 1 heterocycles. The number of hydrogen-bond donors (Lipinski definition) is 0. The molecule has 0 amide bonds. The van der Waals surface area contributed by atoms with Crippen LogP contribution in [0.25, 0.3) is 0 Å². The second-order valence-electron chi connectivity index (χ2n) is 4.00. The van der Waals surface area contributed by atoms with E-state index in [9.17, 15) is 14.9 Å². The molecule has 0 saturated carbocycles. The number of pyridine rings is 1. The van der Waals surface area contributed by atoms with Crippen molar-refractivity contribution in [3.63, 3.8) is 0 Å². The van der Waals surface area contributed by atoms with E-state index in [4.69, 9.17) is 4.74 Å². The molecule has 0 N–H and O–H groups in total. The van der Waals surface area contributed by atoms with Crippen LogP contribution in [0.5, 0.6) is 0 Å². The molecule has 17 heavy (non-hydrogen) atoms. The monoisotopic (exact) mass is 238 g/mol. The summed E-state index contributed by atoms with van der Waals surface area (Å²) in [5, 5.41) is 10.5. The summed E-state index contributed by atoms with van der Waals surface area (Å²) in [7, 11) is 0. The van der Waals surface area contributed by atoms with E-state index in [2.05, 4.69) is 4.98 Å². The molecule has 1 rings (SSSR count). The molecule has 0 atom stereocenters. The summed E-state index contributed by atoms with van der Waals surface area (Å²) >= 11 is 0. The fourth-order valence-electron chi connectivity index (χ4n) is 1.28. The first-order chi connectivity index (χ1) is 7.89. The van der Waals surface area contributed by atoms with Crippen molar-refractivity contribution in [2.75, 3.05) is 6.61 Å². The highest BCUT2D eigenvalue weighted by Gasteiger charge is 2.33. The summed E-state index contributed by atoms with van der Waals surface area (Å²) in [4.78, 5) is 25.6. The largest absolute Gasteiger partial charge is 0.465 e. The third-order valence-corrected chi connectivity index (χ3v) is 2.38. The summed E-state index contributed by atoms with van der Waals surface area (Å²) in [6, 6.07) is 2.79. The second kappa shape index (κ2) is 4.90. The van der Waals surface area contributed by atoms with Crippen LogP contribution in [0.4, 0.5) is 5.69 Å². The molecule has 6 nitrogen and oxygen atoms in total. The molecule has 1 aromatic heterocycles. The van der Waals surface area contributed by atoms with Crippen molar-refractivity contribution in [2.45, 2.75) is 26.2 Å². The highest BCUT2D eigenvalue weighted by Crippen LogP contribution is 2.24. The zero-order valence-corrected chi connectivity index (χ0v) is 9.97. The molecule has 0 spiro atoms. The topological polar surface area (TPSA) is 82.3 Å². The number of ether oxygens (including phenoxy) is 1. The van der Waals surface area contributed by atoms with Crippen molar-refractivity contribution in [1.29, 1.82) is 0 Å². The lowest BCUT2D eigenvalue weighted by molar-refractivity contribution is -0.385. The molecule has 0 aliphatic heterocycles. The van der Waals surface area contributed by atoms with E-state index in [1.165, 1.54) is 12.1 Å². The van der Waals surface area contributed by atoms with Gasteiger partial charge in [0, 0.05) is 6.07 Å². The average molecular weight is 238 g/mol. The van der Waals surface area contributed by atoms with Gasteiger partial charge in [0.25, 0.3) is 5.69 Å². The summed E-state index contributed by atoms with van der Waals surface area (Å²) in [5.74, 6) is -0.402. The van der Waals surface area contributed by atoms with Crippen LogP contribution in [0.15, 0.2) is 18.3 Å². The third-order valence-electron chi connectivity index (χ3n) is 2.38. The molecule has 0 unspecified atom stereocenters. The van der Waals surface area contributed by atoms with E-state index in [-0.39, 0.29) is 12.3 Å². The number of aromatic nitrogens is 1. The quantitative estimate of drug-likeness (QED) is 0.454. The summed E-state index contributed by atoms with van der Waals surface area (Å²) in [6.45, 7) is 5.34. The van der Waals surface area contributed by atoms with Crippen molar-refractivity contribution in [1.82, 2.24) is 4.98 Å². The number of hydrogen-bond acceptors (Lipinski definition) is 5. The van der Waals surface area contributed by atoms with Gasteiger partial charge in [-0.15, -0.1) is 0 Å².